The lowest BCUT2D eigenvalue weighted by atomic mass is 10.2. The molecule has 1 heterocycles. The molecular formula is C12H8ClFN4O3. The summed E-state index contributed by atoms with van der Waals surface area (Å²) in [4.78, 5) is 25.6. The highest BCUT2D eigenvalue weighted by Gasteiger charge is 2.17. The van der Waals surface area contributed by atoms with E-state index in [1.54, 1.807) is 0 Å². The van der Waals surface area contributed by atoms with Gasteiger partial charge in [0.1, 0.15) is 17.3 Å². The Morgan fingerprint density at radius 3 is 2.76 bits per heavy atom. The Labute approximate surface area is 122 Å². The third kappa shape index (κ3) is 3.23. The van der Waals surface area contributed by atoms with Crippen molar-refractivity contribution in [3.63, 3.8) is 0 Å². The van der Waals surface area contributed by atoms with E-state index in [1.807, 2.05) is 0 Å². The van der Waals surface area contributed by atoms with Gasteiger partial charge in [-0.05, 0) is 18.2 Å². The number of nitro benzene ring substituents is 1. The monoisotopic (exact) mass is 310 g/mol. The summed E-state index contributed by atoms with van der Waals surface area (Å²) in [7, 11) is 0. The van der Waals surface area contributed by atoms with Crippen LogP contribution in [0.5, 0.6) is 0 Å². The molecular weight excluding hydrogens is 303 g/mol. The minimum atomic E-state index is -0.827. The lowest BCUT2D eigenvalue weighted by molar-refractivity contribution is -0.384. The van der Waals surface area contributed by atoms with Crippen LogP contribution in [0, 0.1) is 15.9 Å². The van der Waals surface area contributed by atoms with E-state index in [4.69, 9.17) is 17.3 Å². The fraction of sp³-hybridized carbons (Fsp3) is 0. The predicted molar refractivity (Wildman–Crippen MR) is 74.7 cm³/mol. The lowest BCUT2D eigenvalue weighted by Gasteiger charge is -2.07. The molecule has 0 aliphatic rings. The van der Waals surface area contributed by atoms with Crippen LogP contribution in [0.3, 0.4) is 0 Å². The molecule has 3 N–H and O–H groups in total. The standard InChI is InChI=1S/C12H8ClFN4O3/c13-7-2-4-10(15)17-11(7)12(19)16-9-5-6(18(20)21)1-3-8(9)14/h1-5H,(H2,15,17)(H,16,19). The Morgan fingerprint density at radius 2 is 2.10 bits per heavy atom. The fourth-order valence-corrected chi connectivity index (χ4v) is 1.71. The molecule has 0 bridgehead atoms. The molecule has 0 aliphatic carbocycles. The number of rotatable bonds is 3. The first-order chi connectivity index (χ1) is 9.88. The molecule has 2 aromatic rings. The molecule has 0 atom stereocenters. The average Bonchev–Trinajstić information content (AvgIpc) is 2.43. The molecule has 0 fully saturated rings. The molecule has 0 aliphatic heterocycles. The summed E-state index contributed by atoms with van der Waals surface area (Å²) in [5.41, 5.74) is 4.52. The van der Waals surface area contributed by atoms with Gasteiger partial charge in [0.25, 0.3) is 11.6 Å². The van der Waals surface area contributed by atoms with Crippen LogP contribution in [0.25, 0.3) is 0 Å². The summed E-state index contributed by atoms with van der Waals surface area (Å²) in [5.74, 6) is -1.59. The van der Waals surface area contributed by atoms with Gasteiger partial charge >= 0.3 is 0 Å². The van der Waals surface area contributed by atoms with Crippen molar-refractivity contribution in [1.29, 1.82) is 0 Å². The number of non-ortho nitro benzene ring substituents is 1. The van der Waals surface area contributed by atoms with E-state index in [2.05, 4.69) is 10.3 Å². The maximum atomic E-state index is 13.6. The van der Waals surface area contributed by atoms with Crippen molar-refractivity contribution in [1.82, 2.24) is 4.98 Å². The average molecular weight is 311 g/mol. The number of halogens is 2. The molecule has 7 nitrogen and oxygen atoms in total. The van der Waals surface area contributed by atoms with Gasteiger partial charge in [-0.1, -0.05) is 11.6 Å². The highest BCUT2D eigenvalue weighted by Crippen LogP contribution is 2.23. The Morgan fingerprint density at radius 1 is 1.38 bits per heavy atom. The van der Waals surface area contributed by atoms with Crippen molar-refractivity contribution in [3.8, 4) is 0 Å². The number of nitro groups is 1. The zero-order valence-electron chi connectivity index (χ0n) is 10.3. The number of nitrogen functional groups attached to an aromatic ring is 1. The van der Waals surface area contributed by atoms with Gasteiger partial charge in [0.2, 0.25) is 0 Å². The van der Waals surface area contributed by atoms with E-state index >= 15 is 0 Å². The molecule has 21 heavy (non-hydrogen) atoms. The number of nitrogens with zero attached hydrogens (tertiary/aromatic N) is 2. The summed E-state index contributed by atoms with van der Waals surface area (Å²) in [6, 6.07) is 5.52. The van der Waals surface area contributed by atoms with Crippen LogP contribution < -0.4 is 11.1 Å². The number of anilines is 2. The minimum Gasteiger partial charge on any atom is -0.384 e. The summed E-state index contributed by atoms with van der Waals surface area (Å²) >= 11 is 5.80. The van der Waals surface area contributed by atoms with Crippen LogP contribution >= 0.6 is 11.6 Å². The number of hydrogen-bond donors (Lipinski definition) is 2. The van der Waals surface area contributed by atoms with Crippen LogP contribution in [0.4, 0.5) is 21.6 Å². The van der Waals surface area contributed by atoms with Crippen molar-refractivity contribution in [2.45, 2.75) is 0 Å². The number of nitrogens with one attached hydrogen (secondary N) is 1. The van der Waals surface area contributed by atoms with Gasteiger partial charge in [-0.2, -0.15) is 0 Å². The van der Waals surface area contributed by atoms with Crippen LogP contribution in [-0.4, -0.2) is 15.8 Å². The Bertz CT molecular complexity index is 738. The molecule has 108 valence electrons. The van der Waals surface area contributed by atoms with Crippen LogP contribution in [0.15, 0.2) is 30.3 Å². The maximum Gasteiger partial charge on any atom is 0.275 e. The molecule has 0 radical (unpaired) electrons. The molecule has 9 heteroatoms. The lowest BCUT2D eigenvalue weighted by Crippen LogP contribution is -2.16. The normalized spacial score (nSPS) is 10.2. The highest BCUT2D eigenvalue weighted by molar-refractivity contribution is 6.34. The minimum absolute atomic E-state index is 0.0209. The van der Waals surface area contributed by atoms with Crippen molar-refractivity contribution in [2.75, 3.05) is 11.1 Å². The van der Waals surface area contributed by atoms with Crippen LogP contribution in [0.1, 0.15) is 10.5 Å². The van der Waals surface area contributed by atoms with E-state index in [0.717, 1.165) is 18.2 Å². The third-order valence-electron chi connectivity index (χ3n) is 2.49. The molecule has 2 rings (SSSR count). The van der Waals surface area contributed by atoms with Gasteiger partial charge in [-0.15, -0.1) is 0 Å². The van der Waals surface area contributed by atoms with E-state index in [0.29, 0.717) is 0 Å². The number of carbonyl (C=O) groups excluding carboxylic acids is 1. The number of nitrogens with two attached hydrogens (primary N) is 1. The fourth-order valence-electron chi connectivity index (χ4n) is 1.52. The second-order valence-corrected chi connectivity index (χ2v) is 4.35. The molecule has 0 saturated heterocycles. The zero-order chi connectivity index (χ0) is 15.6. The van der Waals surface area contributed by atoms with Crippen LogP contribution in [-0.2, 0) is 0 Å². The van der Waals surface area contributed by atoms with E-state index in [1.165, 1.54) is 12.1 Å². The largest absolute Gasteiger partial charge is 0.384 e. The maximum absolute atomic E-state index is 13.6. The summed E-state index contributed by atoms with van der Waals surface area (Å²) in [6.07, 6.45) is 0. The smallest absolute Gasteiger partial charge is 0.275 e. The van der Waals surface area contributed by atoms with Gasteiger partial charge in [-0.3, -0.25) is 14.9 Å². The Hall–Kier alpha value is -2.74. The van der Waals surface area contributed by atoms with Gasteiger partial charge in [0.05, 0.1) is 15.6 Å². The number of hydrogen-bond acceptors (Lipinski definition) is 5. The third-order valence-corrected chi connectivity index (χ3v) is 2.80. The molecule has 0 spiro atoms. The molecule has 0 saturated carbocycles. The van der Waals surface area contributed by atoms with Gasteiger partial charge in [-0.25, -0.2) is 9.37 Å². The second-order valence-electron chi connectivity index (χ2n) is 3.94. The van der Waals surface area contributed by atoms with Gasteiger partial charge in [0.15, 0.2) is 0 Å². The SMILES string of the molecule is Nc1ccc(Cl)c(C(=O)Nc2cc([N+](=O)[O-])ccc2F)n1. The number of benzene rings is 1. The molecule has 1 amide bonds. The Balaban J connectivity index is 2.33. The first-order valence-electron chi connectivity index (χ1n) is 5.56. The van der Waals surface area contributed by atoms with Crippen molar-refractivity contribution >= 4 is 34.7 Å². The quantitative estimate of drug-likeness (QED) is 0.668. The van der Waals surface area contributed by atoms with Crippen molar-refractivity contribution in [3.05, 3.63) is 57.0 Å². The van der Waals surface area contributed by atoms with Crippen LogP contribution in [0.2, 0.25) is 5.02 Å². The summed E-state index contributed by atoms with van der Waals surface area (Å²) in [5, 5.41) is 12.8. The predicted octanol–water partition coefficient (Wildman–Crippen LogP) is 2.62. The van der Waals surface area contributed by atoms with Crippen molar-refractivity contribution < 1.29 is 14.1 Å². The topological polar surface area (TPSA) is 111 Å². The molecule has 0 unspecified atom stereocenters. The first kappa shape index (κ1) is 14.7. The zero-order valence-corrected chi connectivity index (χ0v) is 11.1. The van der Waals surface area contributed by atoms with E-state index < -0.39 is 16.6 Å². The van der Waals surface area contributed by atoms with Gasteiger partial charge < -0.3 is 11.1 Å². The molecule has 1 aromatic carbocycles. The second kappa shape index (κ2) is 5.71. The Kier molecular flexibility index (Phi) is 3.99. The number of aromatic nitrogens is 1. The number of amides is 1. The molecule has 1 aromatic heterocycles. The number of pyridine rings is 1. The van der Waals surface area contributed by atoms with E-state index in [9.17, 15) is 19.3 Å². The summed E-state index contributed by atoms with van der Waals surface area (Å²) in [6.45, 7) is 0. The number of carbonyl (C=O) groups is 1. The highest BCUT2D eigenvalue weighted by atomic mass is 35.5. The van der Waals surface area contributed by atoms with Crippen molar-refractivity contribution in [2.24, 2.45) is 0 Å². The first-order valence-corrected chi connectivity index (χ1v) is 5.93. The van der Waals surface area contributed by atoms with Gasteiger partial charge in [0, 0.05) is 12.1 Å². The summed E-state index contributed by atoms with van der Waals surface area (Å²) < 4.78 is 13.6. The van der Waals surface area contributed by atoms with E-state index in [-0.39, 0.29) is 27.9 Å².